The molecule has 1 N–H and O–H groups in total. The van der Waals surface area contributed by atoms with Crippen LogP contribution < -0.4 is 9.47 Å². The summed E-state index contributed by atoms with van der Waals surface area (Å²) in [6.07, 6.45) is 0.669. The van der Waals surface area contributed by atoms with Crippen molar-refractivity contribution in [1.82, 2.24) is 15.1 Å². The standard InChI is InChI=1S/C28H26ClN3O3/c1-17-4-7-20(8-5-17)27-24-25(19-9-11-21(29)12-10-19)30-31-26(24)28(33)32(27)15-14-18-6-13-22(34-2)23(16-18)35-3/h4-13,16,27H,14-15H2,1-3H3,(H,30,31). The van der Waals surface area contributed by atoms with Crippen LogP contribution in [-0.4, -0.2) is 41.8 Å². The smallest absolute Gasteiger partial charge is 0.273 e. The first kappa shape index (κ1) is 23.0. The molecule has 1 unspecified atom stereocenters. The van der Waals surface area contributed by atoms with Crippen molar-refractivity contribution in [3.8, 4) is 22.8 Å². The minimum Gasteiger partial charge on any atom is -0.493 e. The molecule has 7 heteroatoms. The highest BCUT2D eigenvalue weighted by Crippen LogP contribution is 2.43. The van der Waals surface area contributed by atoms with Crippen LogP contribution in [0.1, 0.15) is 38.8 Å². The number of nitrogens with one attached hydrogen (secondary N) is 1. The molecule has 6 nitrogen and oxygen atoms in total. The summed E-state index contributed by atoms with van der Waals surface area (Å²) in [6.45, 7) is 2.59. The minimum absolute atomic E-state index is 0.0567. The summed E-state index contributed by atoms with van der Waals surface area (Å²) >= 11 is 6.11. The minimum atomic E-state index is -0.248. The molecule has 0 bridgehead atoms. The van der Waals surface area contributed by atoms with Gasteiger partial charge in [0.1, 0.15) is 5.69 Å². The quantitative estimate of drug-likeness (QED) is 0.355. The molecule has 5 rings (SSSR count). The van der Waals surface area contributed by atoms with E-state index in [2.05, 4.69) is 41.4 Å². The molecule has 0 saturated carbocycles. The second kappa shape index (κ2) is 9.47. The van der Waals surface area contributed by atoms with Gasteiger partial charge in [0.25, 0.3) is 5.91 Å². The summed E-state index contributed by atoms with van der Waals surface area (Å²) in [5.41, 5.74) is 6.39. The maximum atomic E-state index is 13.6. The zero-order valence-electron chi connectivity index (χ0n) is 19.8. The molecule has 1 aromatic heterocycles. The van der Waals surface area contributed by atoms with Crippen LogP contribution in [0.15, 0.2) is 66.7 Å². The summed E-state index contributed by atoms with van der Waals surface area (Å²) < 4.78 is 10.8. The number of hydrogen-bond acceptors (Lipinski definition) is 4. The molecule has 1 atom stereocenters. The molecule has 2 heterocycles. The van der Waals surface area contributed by atoms with Crippen LogP contribution in [0.3, 0.4) is 0 Å². The van der Waals surface area contributed by atoms with Crippen molar-refractivity contribution in [3.63, 3.8) is 0 Å². The summed E-state index contributed by atoms with van der Waals surface area (Å²) in [4.78, 5) is 15.5. The van der Waals surface area contributed by atoms with Gasteiger partial charge in [-0.2, -0.15) is 5.10 Å². The lowest BCUT2D eigenvalue weighted by Gasteiger charge is -2.26. The van der Waals surface area contributed by atoms with E-state index in [-0.39, 0.29) is 11.9 Å². The monoisotopic (exact) mass is 487 g/mol. The third-order valence-electron chi connectivity index (χ3n) is 6.46. The lowest BCUT2D eigenvalue weighted by molar-refractivity contribution is 0.0746. The van der Waals surface area contributed by atoms with Crippen molar-refractivity contribution in [2.24, 2.45) is 0 Å². The molecule has 1 aliphatic heterocycles. The Hall–Kier alpha value is -3.77. The van der Waals surface area contributed by atoms with Crippen molar-refractivity contribution in [1.29, 1.82) is 0 Å². The Morgan fingerprint density at radius 1 is 0.971 bits per heavy atom. The van der Waals surface area contributed by atoms with Crippen molar-refractivity contribution in [2.75, 3.05) is 20.8 Å². The first-order valence-corrected chi connectivity index (χ1v) is 11.8. The number of halogens is 1. The van der Waals surface area contributed by atoms with Crippen molar-refractivity contribution >= 4 is 17.5 Å². The van der Waals surface area contributed by atoms with E-state index in [9.17, 15) is 4.79 Å². The molecule has 3 aromatic carbocycles. The number of benzene rings is 3. The molecule has 1 aliphatic rings. The highest BCUT2D eigenvalue weighted by atomic mass is 35.5. The van der Waals surface area contributed by atoms with E-state index >= 15 is 0 Å². The van der Waals surface area contributed by atoms with E-state index in [0.717, 1.165) is 27.9 Å². The molecule has 0 radical (unpaired) electrons. The number of carbonyl (C=O) groups is 1. The SMILES string of the molecule is COc1ccc(CCN2C(=O)c3[nH]nc(-c4ccc(Cl)cc4)c3C2c2ccc(C)cc2)cc1OC. The van der Waals surface area contributed by atoms with E-state index in [0.29, 0.717) is 35.2 Å². The number of rotatable bonds is 7. The fourth-order valence-corrected chi connectivity index (χ4v) is 4.76. The summed E-state index contributed by atoms with van der Waals surface area (Å²) in [5.74, 6) is 1.30. The molecular formula is C28H26ClN3O3. The highest BCUT2D eigenvalue weighted by Gasteiger charge is 2.41. The highest BCUT2D eigenvalue weighted by molar-refractivity contribution is 6.30. The maximum absolute atomic E-state index is 13.6. The van der Waals surface area contributed by atoms with Gasteiger partial charge in [0.2, 0.25) is 0 Å². The van der Waals surface area contributed by atoms with E-state index in [1.54, 1.807) is 14.2 Å². The van der Waals surface area contributed by atoms with Crippen LogP contribution in [0.25, 0.3) is 11.3 Å². The first-order chi connectivity index (χ1) is 17.0. The van der Waals surface area contributed by atoms with Gasteiger partial charge in [0.15, 0.2) is 11.5 Å². The van der Waals surface area contributed by atoms with Crippen LogP contribution in [0.4, 0.5) is 0 Å². The summed E-state index contributed by atoms with van der Waals surface area (Å²) in [7, 11) is 3.24. The Balaban J connectivity index is 1.52. The number of ether oxygens (including phenoxy) is 2. The average molecular weight is 488 g/mol. The van der Waals surface area contributed by atoms with Gasteiger partial charge in [-0.05, 0) is 48.7 Å². The molecule has 0 fully saturated rings. The fraction of sp³-hybridized carbons (Fsp3) is 0.214. The second-order valence-electron chi connectivity index (χ2n) is 8.62. The normalized spacial score (nSPS) is 14.8. The number of methoxy groups -OCH3 is 2. The number of aryl methyl sites for hydroxylation is 1. The lowest BCUT2D eigenvalue weighted by atomic mass is 9.95. The zero-order valence-corrected chi connectivity index (χ0v) is 20.6. The van der Waals surface area contributed by atoms with Crippen LogP contribution in [0.2, 0.25) is 5.02 Å². The van der Waals surface area contributed by atoms with E-state index in [1.807, 2.05) is 47.4 Å². The molecule has 178 valence electrons. The van der Waals surface area contributed by atoms with Gasteiger partial charge in [-0.1, -0.05) is 59.6 Å². The molecule has 0 aliphatic carbocycles. The van der Waals surface area contributed by atoms with Gasteiger partial charge < -0.3 is 14.4 Å². The zero-order chi connectivity index (χ0) is 24.5. The molecule has 0 spiro atoms. The van der Waals surface area contributed by atoms with Crippen molar-refractivity contribution in [3.05, 3.63) is 99.7 Å². The Morgan fingerprint density at radius 2 is 1.69 bits per heavy atom. The van der Waals surface area contributed by atoms with E-state index < -0.39 is 0 Å². The summed E-state index contributed by atoms with van der Waals surface area (Å²) in [5, 5.41) is 8.20. The van der Waals surface area contributed by atoms with Gasteiger partial charge in [-0.15, -0.1) is 0 Å². The number of aromatic amines is 1. The number of amides is 1. The maximum Gasteiger partial charge on any atom is 0.273 e. The molecule has 1 amide bonds. The Kier molecular flexibility index (Phi) is 6.22. The fourth-order valence-electron chi connectivity index (χ4n) is 4.64. The molecule has 4 aromatic rings. The van der Waals surface area contributed by atoms with Gasteiger partial charge in [0, 0.05) is 22.7 Å². The van der Waals surface area contributed by atoms with Crippen molar-refractivity contribution in [2.45, 2.75) is 19.4 Å². The topological polar surface area (TPSA) is 67.5 Å². The number of fused-ring (bicyclic) bond motifs is 1. The molecule has 0 saturated heterocycles. The Bertz CT molecular complexity index is 1360. The predicted octanol–water partition coefficient (Wildman–Crippen LogP) is 5.84. The second-order valence-corrected chi connectivity index (χ2v) is 9.06. The Morgan fingerprint density at radius 3 is 2.37 bits per heavy atom. The van der Waals surface area contributed by atoms with Gasteiger partial charge in [-0.25, -0.2) is 0 Å². The third-order valence-corrected chi connectivity index (χ3v) is 6.72. The largest absolute Gasteiger partial charge is 0.493 e. The first-order valence-electron chi connectivity index (χ1n) is 11.4. The van der Waals surface area contributed by atoms with E-state index in [1.165, 1.54) is 5.56 Å². The third kappa shape index (κ3) is 4.26. The number of carbonyl (C=O) groups excluding carboxylic acids is 1. The van der Waals surface area contributed by atoms with Crippen LogP contribution in [0, 0.1) is 6.92 Å². The van der Waals surface area contributed by atoms with Gasteiger partial charge in [-0.3, -0.25) is 9.89 Å². The number of hydrogen-bond donors (Lipinski definition) is 1. The van der Waals surface area contributed by atoms with Gasteiger partial charge >= 0.3 is 0 Å². The average Bonchev–Trinajstić information content (AvgIpc) is 3.42. The number of nitrogens with zero attached hydrogens (tertiary/aromatic N) is 2. The Labute approximate surface area is 209 Å². The van der Waals surface area contributed by atoms with E-state index in [4.69, 9.17) is 21.1 Å². The number of aromatic nitrogens is 2. The van der Waals surface area contributed by atoms with Crippen LogP contribution in [-0.2, 0) is 6.42 Å². The molecule has 35 heavy (non-hydrogen) atoms. The lowest BCUT2D eigenvalue weighted by Crippen LogP contribution is -2.31. The molecular weight excluding hydrogens is 462 g/mol. The number of H-pyrrole nitrogens is 1. The summed E-state index contributed by atoms with van der Waals surface area (Å²) in [6, 6.07) is 21.5. The van der Waals surface area contributed by atoms with Crippen LogP contribution >= 0.6 is 11.6 Å². The van der Waals surface area contributed by atoms with Crippen LogP contribution in [0.5, 0.6) is 11.5 Å². The predicted molar refractivity (Wildman–Crippen MR) is 136 cm³/mol. The van der Waals surface area contributed by atoms with Crippen molar-refractivity contribution < 1.29 is 14.3 Å². The van der Waals surface area contributed by atoms with Gasteiger partial charge in [0.05, 0.1) is 26.0 Å².